The van der Waals surface area contributed by atoms with Crippen molar-refractivity contribution in [2.75, 3.05) is 6.54 Å². The van der Waals surface area contributed by atoms with Gasteiger partial charge in [0.15, 0.2) is 0 Å². The molecule has 0 saturated heterocycles. The molecule has 0 saturated carbocycles. The highest BCUT2D eigenvalue weighted by Gasteiger charge is 2.26. The molecule has 3 aromatic rings. The number of fused-ring (bicyclic) bond motifs is 1. The Bertz CT molecular complexity index is 788. The Labute approximate surface area is 141 Å². The number of rotatable bonds is 6. The van der Waals surface area contributed by atoms with Crippen LogP contribution in [0.5, 0.6) is 0 Å². The molecule has 1 unspecified atom stereocenters. The molecule has 124 valence electrons. The Hall–Kier alpha value is -2.59. The summed E-state index contributed by atoms with van der Waals surface area (Å²) < 4.78 is 5.72. The van der Waals surface area contributed by atoms with Gasteiger partial charge >= 0.3 is 0 Å². The first-order valence-electron chi connectivity index (χ1n) is 8.07. The molecule has 4 heteroatoms. The number of hydrogen-bond donors (Lipinski definition) is 2. The molecule has 1 atom stereocenters. The fourth-order valence-electron chi connectivity index (χ4n) is 2.76. The Morgan fingerprint density at radius 2 is 1.83 bits per heavy atom. The topological polar surface area (TPSA) is 62.5 Å². The van der Waals surface area contributed by atoms with Gasteiger partial charge in [0.05, 0.1) is 12.0 Å². The molecule has 2 N–H and O–H groups in total. The van der Waals surface area contributed by atoms with Gasteiger partial charge < -0.3 is 14.8 Å². The van der Waals surface area contributed by atoms with E-state index in [0.717, 1.165) is 22.3 Å². The minimum absolute atomic E-state index is 0.0249. The number of aliphatic hydroxyl groups is 1. The van der Waals surface area contributed by atoms with E-state index in [4.69, 9.17) is 4.42 Å². The highest BCUT2D eigenvalue weighted by Crippen LogP contribution is 2.24. The van der Waals surface area contributed by atoms with Crippen molar-refractivity contribution in [1.82, 2.24) is 5.32 Å². The fraction of sp³-hybridized carbons (Fsp3) is 0.250. The van der Waals surface area contributed by atoms with Crippen molar-refractivity contribution in [2.45, 2.75) is 25.4 Å². The molecule has 0 spiro atoms. The van der Waals surface area contributed by atoms with Crippen LogP contribution in [-0.4, -0.2) is 17.6 Å². The van der Waals surface area contributed by atoms with Crippen molar-refractivity contribution in [3.8, 4) is 0 Å². The molecule has 24 heavy (non-hydrogen) atoms. The lowest BCUT2D eigenvalue weighted by Crippen LogP contribution is -2.33. The van der Waals surface area contributed by atoms with Gasteiger partial charge in [-0.25, -0.2) is 0 Å². The van der Waals surface area contributed by atoms with Crippen molar-refractivity contribution in [1.29, 1.82) is 0 Å². The molecule has 4 nitrogen and oxygen atoms in total. The molecule has 1 amide bonds. The Kier molecular flexibility index (Phi) is 4.67. The van der Waals surface area contributed by atoms with Crippen molar-refractivity contribution >= 4 is 16.9 Å². The molecule has 2 aromatic carbocycles. The molecule has 0 aliphatic carbocycles. The summed E-state index contributed by atoms with van der Waals surface area (Å²) in [7, 11) is 0. The third kappa shape index (κ3) is 3.84. The van der Waals surface area contributed by atoms with Crippen LogP contribution in [0.1, 0.15) is 24.7 Å². The van der Waals surface area contributed by atoms with E-state index < -0.39 is 5.60 Å². The average Bonchev–Trinajstić information content (AvgIpc) is 2.98. The molecule has 0 radical (unpaired) electrons. The molecule has 0 aliphatic heterocycles. The van der Waals surface area contributed by atoms with Gasteiger partial charge in [-0.05, 0) is 24.6 Å². The first-order valence-corrected chi connectivity index (χ1v) is 8.07. The number of carbonyl (C=O) groups is 1. The van der Waals surface area contributed by atoms with E-state index in [1.807, 2.05) is 60.7 Å². The summed E-state index contributed by atoms with van der Waals surface area (Å²) in [6.45, 7) is 2.13. The minimum Gasteiger partial charge on any atom is -0.461 e. The van der Waals surface area contributed by atoms with E-state index in [9.17, 15) is 9.90 Å². The zero-order chi connectivity index (χ0) is 17.0. The highest BCUT2D eigenvalue weighted by molar-refractivity contribution is 5.78. The molecule has 3 rings (SSSR count). The van der Waals surface area contributed by atoms with E-state index in [1.54, 1.807) is 6.92 Å². The molecular formula is C20H21NO3. The first kappa shape index (κ1) is 16.3. The first-order chi connectivity index (χ1) is 11.5. The van der Waals surface area contributed by atoms with Crippen molar-refractivity contribution in [3.63, 3.8) is 0 Å². The second kappa shape index (κ2) is 6.89. The van der Waals surface area contributed by atoms with Gasteiger partial charge in [0.1, 0.15) is 11.3 Å². The normalized spacial score (nSPS) is 13.6. The van der Waals surface area contributed by atoms with Crippen LogP contribution in [0, 0.1) is 0 Å². The summed E-state index contributed by atoms with van der Waals surface area (Å²) in [5.41, 5.74) is 0.410. The summed E-state index contributed by atoms with van der Waals surface area (Å²) in [5, 5.41) is 14.4. The Morgan fingerprint density at radius 1 is 1.12 bits per heavy atom. The van der Waals surface area contributed by atoms with Crippen LogP contribution in [0.2, 0.25) is 0 Å². The number of nitrogens with one attached hydrogen (secondary N) is 1. The minimum atomic E-state index is -1.18. The monoisotopic (exact) mass is 323 g/mol. The van der Waals surface area contributed by atoms with Crippen LogP contribution < -0.4 is 5.32 Å². The summed E-state index contributed by atoms with van der Waals surface area (Å²) in [5.74, 6) is 0.659. The van der Waals surface area contributed by atoms with Gasteiger partial charge in [0.2, 0.25) is 5.91 Å². The second-order valence-corrected chi connectivity index (χ2v) is 6.17. The standard InChI is InChI=1S/C20H21NO3/c1-20(23,16-8-3-2-4-9-16)14-19(22)21-12-11-17-13-15-7-5-6-10-18(15)24-17/h2-10,13,23H,11-12,14H2,1H3,(H,21,22). The average molecular weight is 323 g/mol. The Balaban J connectivity index is 1.52. The zero-order valence-electron chi connectivity index (χ0n) is 13.7. The predicted octanol–water partition coefficient (Wildman–Crippen LogP) is 3.39. The van der Waals surface area contributed by atoms with Crippen molar-refractivity contribution < 1.29 is 14.3 Å². The van der Waals surface area contributed by atoms with Gasteiger partial charge in [0.25, 0.3) is 0 Å². The lowest BCUT2D eigenvalue weighted by Gasteiger charge is -2.23. The SMILES string of the molecule is CC(O)(CC(=O)NCCc1cc2ccccc2o1)c1ccccc1. The van der Waals surface area contributed by atoms with Crippen LogP contribution in [0.4, 0.5) is 0 Å². The zero-order valence-corrected chi connectivity index (χ0v) is 13.7. The number of carbonyl (C=O) groups excluding carboxylic acids is 1. The van der Waals surface area contributed by atoms with Crippen molar-refractivity contribution in [2.24, 2.45) is 0 Å². The van der Waals surface area contributed by atoms with Gasteiger partial charge in [-0.1, -0.05) is 48.5 Å². The maximum Gasteiger partial charge on any atom is 0.223 e. The summed E-state index contributed by atoms with van der Waals surface area (Å²) >= 11 is 0. The van der Waals surface area contributed by atoms with Gasteiger partial charge in [-0.15, -0.1) is 0 Å². The lowest BCUT2D eigenvalue weighted by atomic mass is 9.92. The third-order valence-electron chi connectivity index (χ3n) is 4.07. The quantitative estimate of drug-likeness (QED) is 0.731. The molecular weight excluding hydrogens is 302 g/mol. The molecule has 0 fully saturated rings. The lowest BCUT2D eigenvalue weighted by molar-refractivity contribution is -0.125. The van der Waals surface area contributed by atoms with Gasteiger partial charge in [-0.2, -0.15) is 0 Å². The number of amides is 1. The third-order valence-corrected chi connectivity index (χ3v) is 4.07. The van der Waals surface area contributed by atoms with Crippen LogP contribution in [-0.2, 0) is 16.8 Å². The molecule has 0 aliphatic rings. The van der Waals surface area contributed by atoms with E-state index in [0.29, 0.717) is 13.0 Å². The van der Waals surface area contributed by atoms with E-state index in [-0.39, 0.29) is 12.3 Å². The van der Waals surface area contributed by atoms with Crippen LogP contribution in [0.3, 0.4) is 0 Å². The smallest absolute Gasteiger partial charge is 0.223 e. The molecule has 0 bridgehead atoms. The number of furan rings is 1. The summed E-state index contributed by atoms with van der Waals surface area (Å²) in [4.78, 5) is 12.1. The van der Waals surface area contributed by atoms with Gasteiger partial charge in [-0.3, -0.25) is 4.79 Å². The molecule has 1 heterocycles. The Morgan fingerprint density at radius 3 is 2.58 bits per heavy atom. The predicted molar refractivity (Wildman–Crippen MR) is 93.6 cm³/mol. The van der Waals surface area contributed by atoms with Crippen molar-refractivity contribution in [3.05, 3.63) is 72.0 Å². The summed E-state index contributed by atoms with van der Waals surface area (Å²) in [6, 6.07) is 19.0. The molecule has 1 aromatic heterocycles. The number of para-hydroxylation sites is 1. The summed E-state index contributed by atoms with van der Waals surface area (Å²) in [6.07, 6.45) is 0.644. The number of benzene rings is 2. The largest absolute Gasteiger partial charge is 0.461 e. The number of hydrogen-bond acceptors (Lipinski definition) is 3. The second-order valence-electron chi connectivity index (χ2n) is 6.17. The maximum absolute atomic E-state index is 12.1. The van der Waals surface area contributed by atoms with E-state index in [1.165, 1.54) is 0 Å². The van der Waals surface area contributed by atoms with Crippen LogP contribution in [0.15, 0.2) is 65.1 Å². The van der Waals surface area contributed by atoms with Crippen LogP contribution in [0.25, 0.3) is 11.0 Å². The maximum atomic E-state index is 12.1. The van der Waals surface area contributed by atoms with E-state index in [2.05, 4.69) is 5.32 Å². The van der Waals surface area contributed by atoms with Gasteiger partial charge in [0, 0.05) is 18.4 Å². The fourth-order valence-corrected chi connectivity index (χ4v) is 2.76. The van der Waals surface area contributed by atoms with E-state index >= 15 is 0 Å². The van der Waals surface area contributed by atoms with Crippen LogP contribution >= 0.6 is 0 Å². The highest BCUT2D eigenvalue weighted by atomic mass is 16.3.